The van der Waals surface area contributed by atoms with E-state index in [9.17, 15) is 30.0 Å². The Hall–Kier alpha value is -7.02. The summed E-state index contributed by atoms with van der Waals surface area (Å²) in [5.41, 5.74) is 2.90. The largest absolute Gasteiger partial charge is 0.504 e. The second-order valence-electron chi connectivity index (χ2n) is 13.1. The van der Waals surface area contributed by atoms with Crippen molar-refractivity contribution in [3.05, 3.63) is 179 Å². The molecule has 6 aromatic carbocycles. The van der Waals surface area contributed by atoms with Gasteiger partial charge in [-0.25, -0.2) is 9.59 Å². The van der Waals surface area contributed by atoms with Crippen LogP contribution in [0.4, 0.5) is 0 Å². The van der Waals surface area contributed by atoms with Crippen LogP contribution >= 0.6 is 0 Å². The van der Waals surface area contributed by atoms with Gasteiger partial charge in [-0.15, -0.1) is 0 Å². The fraction of sp³-hybridized carbons (Fsp3) is 0.174. The van der Waals surface area contributed by atoms with Crippen LogP contribution in [0.15, 0.2) is 146 Å². The molecular formula is C46H42O12. The number of carbonyl (C=O) groups is 2. The minimum atomic E-state index is -1.02. The molecule has 0 aromatic heterocycles. The number of carbonyl (C=O) groups excluding carboxylic acids is 2. The molecule has 0 bridgehead atoms. The zero-order chi connectivity index (χ0) is 40.7. The fourth-order valence-corrected chi connectivity index (χ4v) is 5.75. The van der Waals surface area contributed by atoms with Gasteiger partial charge in [-0.05, 0) is 46.5 Å². The van der Waals surface area contributed by atoms with Gasteiger partial charge in [0, 0.05) is 0 Å². The Balaban J connectivity index is 1.17. The van der Waals surface area contributed by atoms with Crippen molar-refractivity contribution in [2.75, 3.05) is 13.2 Å². The van der Waals surface area contributed by atoms with Gasteiger partial charge in [-0.1, -0.05) is 121 Å². The quantitative estimate of drug-likeness (QED) is 0.0588. The molecule has 0 amide bonds. The van der Waals surface area contributed by atoms with Crippen LogP contribution in [0.5, 0.6) is 34.5 Å². The van der Waals surface area contributed by atoms with Crippen molar-refractivity contribution in [3.8, 4) is 34.5 Å². The summed E-state index contributed by atoms with van der Waals surface area (Å²) in [5, 5.41) is 42.7. The lowest BCUT2D eigenvalue weighted by molar-refractivity contribution is -0.122. The maximum Gasteiger partial charge on any atom is 0.338 e. The van der Waals surface area contributed by atoms with Gasteiger partial charge in [0.25, 0.3) is 0 Å². The van der Waals surface area contributed by atoms with Gasteiger partial charge in [0.05, 0.1) is 24.3 Å². The van der Waals surface area contributed by atoms with Gasteiger partial charge >= 0.3 is 11.9 Å². The number of phenolic OH excluding ortho intramolecular Hbond substituents is 4. The third-order valence-corrected chi connectivity index (χ3v) is 8.81. The van der Waals surface area contributed by atoms with Crippen LogP contribution in [0.25, 0.3) is 0 Å². The third kappa shape index (κ3) is 11.5. The van der Waals surface area contributed by atoms with Crippen LogP contribution in [0.2, 0.25) is 0 Å². The first kappa shape index (κ1) is 40.6. The third-order valence-electron chi connectivity index (χ3n) is 8.81. The SMILES string of the molecule is O=C(OC[C@H](OCc1ccccc1)[C@@H](COC(=O)c1cc(O)c(OCc2ccccc2)c(O)c1)OCc1ccccc1)c1cc(O)c(OCc2ccccc2)c(O)c1. The Labute approximate surface area is 335 Å². The summed E-state index contributed by atoms with van der Waals surface area (Å²) < 4.78 is 35.0. The van der Waals surface area contributed by atoms with Crippen LogP contribution < -0.4 is 9.47 Å². The van der Waals surface area contributed by atoms with Crippen molar-refractivity contribution in [1.82, 2.24) is 0 Å². The van der Waals surface area contributed by atoms with E-state index in [1.165, 1.54) is 0 Å². The van der Waals surface area contributed by atoms with Crippen molar-refractivity contribution < 1.29 is 58.4 Å². The lowest BCUT2D eigenvalue weighted by atomic mass is 10.1. The highest BCUT2D eigenvalue weighted by atomic mass is 16.6. The number of aromatic hydroxyl groups is 4. The molecule has 0 heterocycles. The topological polar surface area (TPSA) is 170 Å². The van der Waals surface area contributed by atoms with Gasteiger partial charge in [-0.3, -0.25) is 0 Å². The predicted octanol–water partition coefficient (Wildman–Crippen LogP) is 7.85. The molecule has 12 nitrogen and oxygen atoms in total. The summed E-state index contributed by atoms with van der Waals surface area (Å²) in [6.45, 7) is -0.514. The van der Waals surface area contributed by atoms with E-state index >= 15 is 0 Å². The summed E-state index contributed by atoms with van der Waals surface area (Å²) in [6.07, 6.45) is -2.04. The molecule has 0 unspecified atom stereocenters. The monoisotopic (exact) mass is 786 g/mol. The molecule has 298 valence electrons. The number of hydrogen-bond donors (Lipinski definition) is 4. The summed E-state index contributed by atoms with van der Waals surface area (Å²) in [4.78, 5) is 26.7. The average molecular weight is 787 g/mol. The molecule has 0 radical (unpaired) electrons. The maximum absolute atomic E-state index is 13.4. The smallest absolute Gasteiger partial charge is 0.338 e. The van der Waals surface area contributed by atoms with Crippen molar-refractivity contribution in [1.29, 1.82) is 0 Å². The minimum absolute atomic E-state index is 0.0674. The average Bonchev–Trinajstić information content (AvgIpc) is 3.24. The van der Waals surface area contributed by atoms with Crippen molar-refractivity contribution in [3.63, 3.8) is 0 Å². The molecule has 0 saturated heterocycles. The van der Waals surface area contributed by atoms with Crippen LogP contribution in [0.1, 0.15) is 43.0 Å². The Bertz CT molecular complexity index is 2030. The lowest BCUT2D eigenvalue weighted by Gasteiger charge is -2.27. The Morgan fingerprint density at radius 1 is 0.414 bits per heavy atom. The van der Waals surface area contributed by atoms with Gasteiger partial charge in [0.2, 0.25) is 11.5 Å². The first-order chi connectivity index (χ1) is 28.2. The van der Waals surface area contributed by atoms with E-state index < -0.39 is 60.4 Å². The Morgan fingerprint density at radius 3 is 0.983 bits per heavy atom. The normalized spacial score (nSPS) is 11.9. The molecule has 0 saturated carbocycles. The summed E-state index contributed by atoms with van der Waals surface area (Å²) in [6, 6.07) is 41.3. The number of benzene rings is 6. The molecule has 6 aromatic rings. The van der Waals surface area contributed by atoms with E-state index in [4.69, 9.17) is 28.4 Å². The molecule has 0 aliphatic rings. The van der Waals surface area contributed by atoms with Crippen molar-refractivity contribution >= 4 is 11.9 Å². The molecule has 12 heteroatoms. The summed E-state index contributed by atoms with van der Waals surface area (Å²) in [5.74, 6) is -4.06. The molecule has 0 aliphatic carbocycles. The second kappa shape index (κ2) is 20.2. The van der Waals surface area contributed by atoms with Crippen molar-refractivity contribution in [2.24, 2.45) is 0 Å². The lowest BCUT2D eigenvalue weighted by Crippen LogP contribution is -2.40. The van der Waals surface area contributed by atoms with E-state index in [2.05, 4.69) is 0 Å². The molecule has 0 fully saturated rings. The zero-order valence-electron chi connectivity index (χ0n) is 31.3. The van der Waals surface area contributed by atoms with Gasteiger partial charge in [0.15, 0.2) is 23.0 Å². The van der Waals surface area contributed by atoms with E-state index in [0.717, 1.165) is 46.5 Å². The van der Waals surface area contributed by atoms with Crippen LogP contribution in [-0.4, -0.2) is 57.8 Å². The number of ether oxygens (including phenoxy) is 6. The standard InChI is InChI=1S/C46H42O12/c47-37-21-35(22-38(48)43(37)55-27-33-17-9-3-10-18-33)45(51)57-29-41(53-25-31-13-5-1-6-14-31)42(54-26-32-15-7-2-8-16-32)30-58-46(52)36-23-39(49)44(40(50)24-36)56-28-34-19-11-4-12-20-34/h1-24,41-42,47-50H,25-30H2/t41-,42+. The zero-order valence-corrected chi connectivity index (χ0v) is 31.3. The van der Waals surface area contributed by atoms with Crippen molar-refractivity contribution in [2.45, 2.75) is 38.6 Å². The molecule has 0 spiro atoms. The predicted molar refractivity (Wildman–Crippen MR) is 212 cm³/mol. The van der Waals surface area contributed by atoms with E-state index in [-0.39, 0.29) is 49.1 Å². The molecule has 58 heavy (non-hydrogen) atoms. The maximum atomic E-state index is 13.4. The molecular weight excluding hydrogens is 744 g/mol. The van der Waals surface area contributed by atoms with Gasteiger partial charge in [-0.2, -0.15) is 0 Å². The van der Waals surface area contributed by atoms with E-state index in [1.54, 1.807) is 0 Å². The summed E-state index contributed by atoms with van der Waals surface area (Å²) in [7, 11) is 0. The van der Waals surface area contributed by atoms with E-state index in [0.29, 0.717) is 0 Å². The Kier molecular flexibility index (Phi) is 14.2. The number of phenols is 4. The number of rotatable bonds is 19. The first-order valence-electron chi connectivity index (χ1n) is 18.3. The Morgan fingerprint density at radius 2 is 0.690 bits per heavy atom. The summed E-state index contributed by atoms with van der Waals surface area (Å²) >= 11 is 0. The minimum Gasteiger partial charge on any atom is -0.504 e. The fourth-order valence-electron chi connectivity index (χ4n) is 5.75. The molecule has 6 rings (SSSR count). The number of hydrogen-bond acceptors (Lipinski definition) is 12. The van der Waals surface area contributed by atoms with Gasteiger partial charge in [0.1, 0.15) is 38.6 Å². The number of esters is 2. The van der Waals surface area contributed by atoms with E-state index in [1.807, 2.05) is 121 Å². The molecule has 2 atom stereocenters. The highest BCUT2D eigenvalue weighted by Gasteiger charge is 2.29. The van der Waals surface area contributed by atoms with Crippen LogP contribution in [0, 0.1) is 0 Å². The van der Waals surface area contributed by atoms with Crippen LogP contribution in [0.3, 0.4) is 0 Å². The highest BCUT2D eigenvalue weighted by molar-refractivity contribution is 5.91. The molecule has 4 N–H and O–H groups in total. The van der Waals surface area contributed by atoms with Crippen LogP contribution in [-0.2, 0) is 45.4 Å². The molecule has 0 aliphatic heterocycles. The first-order valence-corrected chi connectivity index (χ1v) is 18.3. The highest BCUT2D eigenvalue weighted by Crippen LogP contribution is 2.39. The second-order valence-corrected chi connectivity index (χ2v) is 13.1. The van der Waals surface area contributed by atoms with Gasteiger partial charge < -0.3 is 48.8 Å².